The number of amides is 2. The number of nitrogens with one attached hydrogen (secondary N) is 1. The summed E-state index contributed by atoms with van der Waals surface area (Å²) in [5, 5.41) is 2.66. The molecule has 0 radical (unpaired) electrons. The van der Waals surface area contributed by atoms with E-state index in [0.29, 0.717) is 39.5 Å². The quantitative estimate of drug-likeness (QED) is 0.417. The number of methoxy groups -OCH3 is 4. The molecular formula is C28H29N3O6S. The molecule has 1 N–H and O–H groups in total. The normalized spacial score (nSPS) is 16.2. The summed E-state index contributed by atoms with van der Waals surface area (Å²) in [6.45, 7) is 0.258. The van der Waals surface area contributed by atoms with E-state index in [2.05, 4.69) is 5.32 Å². The van der Waals surface area contributed by atoms with Crippen LogP contribution in [0.5, 0.6) is 23.0 Å². The summed E-state index contributed by atoms with van der Waals surface area (Å²) in [6, 6.07) is 19.7. The molecule has 1 heterocycles. The molecule has 3 aromatic rings. The van der Waals surface area contributed by atoms with Crippen LogP contribution < -0.4 is 24.3 Å². The van der Waals surface area contributed by atoms with Crippen molar-refractivity contribution in [1.29, 1.82) is 0 Å². The van der Waals surface area contributed by atoms with Gasteiger partial charge in [-0.1, -0.05) is 17.8 Å². The van der Waals surface area contributed by atoms with E-state index in [9.17, 15) is 9.59 Å². The number of hydrogen-bond donors (Lipinski definition) is 1. The number of nitrogens with zero attached hydrogens (tertiary/aromatic N) is 2. The van der Waals surface area contributed by atoms with Gasteiger partial charge in [0.15, 0.2) is 16.7 Å². The Balaban J connectivity index is 1.60. The molecule has 4 rings (SSSR count). The number of aliphatic imine (C=N–C) groups is 1. The zero-order valence-corrected chi connectivity index (χ0v) is 22.4. The first-order valence-corrected chi connectivity index (χ1v) is 12.7. The molecule has 0 saturated carbocycles. The molecule has 1 aliphatic rings. The van der Waals surface area contributed by atoms with Crippen LogP contribution in [0, 0.1) is 0 Å². The lowest BCUT2D eigenvalue weighted by atomic mass is 10.1. The van der Waals surface area contributed by atoms with Crippen LogP contribution in [0.2, 0.25) is 0 Å². The number of carbonyl (C=O) groups excluding carboxylic acids is 2. The van der Waals surface area contributed by atoms with Crippen molar-refractivity contribution in [2.45, 2.75) is 18.2 Å². The van der Waals surface area contributed by atoms with Crippen LogP contribution in [-0.4, -0.2) is 55.6 Å². The molecule has 0 aromatic heterocycles. The van der Waals surface area contributed by atoms with Crippen LogP contribution in [0.4, 0.5) is 11.4 Å². The predicted octanol–water partition coefficient (Wildman–Crippen LogP) is 4.88. The molecule has 38 heavy (non-hydrogen) atoms. The van der Waals surface area contributed by atoms with Gasteiger partial charge in [-0.05, 0) is 66.2 Å². The highest BCUT2D eigenvalue weighted by Crippen LogP contribution is 2.33. The Kier molecular flexibility index (Phi) is 8.75. The van der Waals surface area contributed by atoms with Crippen molar-refractivity contribution >= 4 is 40.1 Å². The molecule has 198 valence electrons. The highest BCUT2D eigenvalue weighted by molar-refractivity contribution is 8.15. The average molecular weight is 536 g/mol. The van der Waals surface area contributed by atoms with E-state index in [1.807, 2.05) is 12.1 Å². The minimum atomic E-state index is -0.650. The van der Waals surface area contributed by atoms with Crippen molar-refractivity contribution in [1.82, 2.24) is 4.90 Å². The Bertz CT molecular complexity index is 1310. The third kappa shape index (κ3) is 6.38. The molecule has 0 bridgehead atoms. The molecule has 1 fully saturated rings. The molecule has 9 nitrogen and oxygen atoms in total. The lowest BCUT2D eigenvalue weighted by Gasteiger charge is -2.32. The standard InChI is InChI=1S/C28H29N3O6S/c1-34-21-10-6-19(7-11-21)29-27(33)25-16-26(32)31(17-18-5-14-23(36-3)24(15-18)37-4)28(38-25)30-20-8-12-22(35-2)13-9-20/h5-15,25H,16-17H2,1-4H3,(H,29,33)/t25-/m0/s1. The zero-order valence-electron chi connectivity index (χ0n) is 21.6. The average Bonchev–Trinajstić information content (AvgIpc) is 2.95. The van der Waals surface area contributed by atoms with Gasteiger partial charge in [0.05, 0.1) is 40.7 Å². The number of ether oxygens (including phenoxy) is 4. The number of amidine groups is 1. The van der Waals surface area contributed by atoms with E-state index in [-0.39, 0.29) is 24.8 Å². The predicted molar refractivity (Wildman–Crippen MR) is 148 cm³/mol. The molecule has 1 atom stereocenters. The fraction of sp³-hybridized carbons (Fsp3) is 0.250. The summed E-state index contributed by atoms with van der Waals surface area (Å²) < 4.78 is 21.2. The van der Waals surface area contributed by atoms with Crippen LogP contribution >= 0.6 is 11.8 Å². The van der Waals surface area contributed by atoms with Crippen LogP contribution in [0.15, 0.2) is 71.7 Å². The van der Waals surface area contributed by atoms with Crippen molar-refractivity contribution in [3.05, 3.63) is 72.3 Å². The van der Waals surface area contributed by atoms with E-state index in [1.165, 1.54) is 11.8 Å². The van der Waals surface area contributed by atoms with Gasteiger partial charge in [0.1, 0.15) is 16.7 Å². The monoisotopic (exact) mass is 535 g/mol. The van der Waals surface area contributed by atoms with Gasteiger partial charge in [-0.2, -0.15) is 0 Å². The minimum Gasteiger partial charge on any atom is -0.497 e. The number of thioether (sulfide) groups is 1. The SMILES string of the molecule is COc1ccc(N=C2S[C@H](C(=O)Nc3ccc(OC)cc3)CC(=O)N2Cc2ccc(OC)c(OC)c2)cc1. The molecule has 1 aliphatic heterocycles. The molecule has 0 spiro atoms. The summed E-state index contributed by atoms with van der Waals surface area (Å²) in [5.41, 5.74) is 2.08. The molecule has 3 aromatic carbocycles. The number of anilines is 1. The Morgan fingerprint density at radius 1 is 0.895 bits per heavy atom. The van der Waals surface area contributed by atoms with Crippen molar-refractivity contribution in [2.75, 3.05) is 33.8 Å². The van der Waals surface area contributed by atoms with Crippen molar-refractivity contribution < 1.29 is 28.5 Å². The highest BCUT2D eigenvalue weighted by Gasteiger charge is 2.36. The Morgan fingerprint density at radius 2 is 1.53 bits per heavy atom. The van der Waals surface area contributed by atoms with Gasteiger partial charge in [-0.15, -0.1) is 0 Å². The van der Waals surface area contributed by atoms with Gasteiger partial charge in [-0.25, -0.2) is 4.99 Å². The van der Waals surface area contributed by atoms with Crippen LogP contribution in [0.25, 0.3) is 0 Å². The van der Waals surface area contributed by atoms with E-state index in [1.54, 1.807) is 87.9 Å². The maximum atomic E-state index is 13.4. The molecule has 10 heteroatoms. The van der Waals surface area contributed by atoms with Crippen molar-refractivity contribution in [3.63, 3.8) is 0 Å². The molecule has 0 aliphatic carbocycles. The highest BCUT2D eigenvalue weighted by atomic mass is 32.2. The second kappa shape index (κ2) is 12.4. The first kappa shape index (κ1) is 26.9. The van der Waals surface area contributed by atoms with Crippen LogP contribution in [0.1, 0.15) is 12.0 Å². The first-order chi connectivity index (χ1) is 18.4. The summed E-state index contributed by atoms with van der Waals surface area (Å²) in [5.74, 6) is 2.05. The third-order valence-electron chi connectivity index (χ3n) is 5.88. The lowest BCUT2D eigenvalue weighted by Crippen LogP contribution is -2.44. The fourth-order valence-corrected chi connectivity index (χ4v) is 4.92. The van der Waals surface area contributed by atoms with Gasteiger partial charge in [-0.3, -0.25) is 14.5 Å². The largest absolute Gasteiger partial charge is 0.497 e. The van der Waals surface area contributed by atoms with E-state index >= 15 is 0 Å². The topological polar surface area (TPSA) is 98.7 Å². The summed E-state index contributed by atoms with van der Waals surface area (Å²) in [7, 11) is 6.30. The van der Waals surface area contributed by atoms with Crippen molar-refractivity contribution in [2.24, 2.45) is 4.99 Å². The minimum absolute atomic E-state index is 0.0293. The van der Waals surface area contributed by atoms with Crippen LogP contribution in [0.3, 0.4) is 0 Å². The molecule has 2 amide bonds. The van der Waals surface area contributed by atoms with E-state index in [4.69, 9.17) is 23.9 Å². The van der Waals surface area contributed by atoms with Crippen LogP contribution in [-0.2, 0) is 16.1 Å². The second-order valence-corrected chi connectivity index (χ2v) is 9.46. The molecular weight excluding hydrogens is 506 g/mol. The summed E-state index contributed by atoms with van der Waals surface area (Å²) in [6.07, 6.45) is 0.0293. The molecule has 0 unspecified atom stereocenters. The zero-order chi connectivity index (χ0) is 27.1. The van der Waals surface area contributed by atoms with Gasteiger partial charge in [0.2, 0.25) is 11.8 Å². The maximum absolute atomic E-state index is 13.4. The summed E-state index contributed by atoms with van der Waals surface area (Å²) >= 11 is 1.25. The van der Waals surface area contributed by atoms with Gasteiger partial charge in [0, 0.05) is 12.1 Å². The third-order valence-corrected chi connectivity index (χ3v) is 7.06. The smallest absolute Gasteiger partial charge is 0.238 e. The van der Waals surface area contributed by atoms with Crippen molar-refractivity contribution in [3.8, 4) is 23.0 Å². The Labute approximate surface area is 225 Å². The lowest BCUT2D eigenvalue weighted by molar-refractivity contribution is -0.129. The van der Waals surface area contributed by atoms with E-state index in [0.717, 1.165) is 5.56 Å². The van der Waals surface area contributed by atoms with Gasteiger partial charge < -0.3 is 24.3 Å². The Hall–Kier alpha value is -4.18. The maximum Gasteiger partial charge on any atom is 0.238 e. The number of benzene rings is 3. The fourth-order valence-electron chi connectivity index (χ4n) is 3.82. The number of carbonyl (C=O) groups is 2. The number of rotatable bonds is 9. The van der Waals surface area contributed by atoms with Gasteiger partial charge >= 0.3 is 0 Å². The van der Waals surface area contributed by atoms with Gasteiger partial charge in [0.25, 0.3) is 0 Å². The second-order valence-electron chi connectivity index (χ2n) is 8.29. The molecule has 1 saturated heterocycles. The first-order valence-electron chi connectivity index (χ1n) is 11.8. The summed E-state index contributed by atoms with van der Waals surface area (Å²) in [4.78, 5) is 32.8. The van der Waals surface area contributed by atoms with E-state index < -0.39 is 5.25 Å². The number of hydrogen-bond acceptors (Lipinski definition) is 8. The Morgan fingerprint density at radius 3 is 2.13 bits per heavy atom.